The summed E-state index contributed by atoms with van der Waals surface area (Å²) < 4.78 is 11.0. The number of rotatable bonds is 12. The van der Waals surface area contributed by atoms with Crippen molar-refractivity contribution in [3.63, 3.8) is 0 Å². The molecule has 0 saturated carbocycles. The van der Waals surface area contributed by atoms with Gasteiger partial charge in [0.05, 0.1) is 11.8 Å². The van der Waals surface area contributed by atoms with Gasteiger partial charge in [0.2, 0.25) is 0 Å². The van der Waals surface area contributed by atoms with Crippen LogP contribution in [-0.2, 0) is 19.1 Å². The minimum Gasteiger partial charge on any atom is -0.462 e. The van der Waals surface area contributed by atoms with Crippen LogP contribution in [0.4, 0.5) is 0 Å². The van der Waals surface area contributed by atoms with Gasteiger partial charge in [0.1, 0.15) is 12.7 Å². The second-order valence-electron chi connectivity index (χ2n) is 5.86. The van der Waals surface area contributed by atoms with Crippen LogP contribution in [0.15, 0.2) is 0 Å². The molecule has 0 aliphatic rings. The van der Waals surface area contributed by atoms with E-state index in [0.29, 0.717) is 0 Å². The van der Waals surface area contributed by atoms with Gasteiger partial charge in [-0.25, -0.2) is 0 Å². The van der Waals surface area contributed by atoms with Crippen LogP contribution >= 0.6 is 0 Å². The summed E-state index contributed by atoms with van der Waals surface area (Å²) in [7, 11) is 0. The molecular formula is C18H34O4. The van der Waals surface area contributed by atoms with E-state index in [1.54, 1.807) is 0 Å². The molecule has 0 aliphatic heterocycles. The number of unbranched alkanes of at least 4 members (excludes halogenated alkanes) is 1. The van der Waals surface area contributed by atoms with Gasteiger partial charge < -0.3 is 9.47 Å². The molecule has 22 heavy (non-hydrogen) atoms. The van der Waals surface area contributed by atoms with Crippen molar-refractivity contribution in [3.8, 4) is 0 Å². The van der Waals surface area contributed by atoms with Gasteiger partial charge in [-0.05, 0) is 38.5 Å². The summed E-state index contributed by atoms with van der Waals surface area (Å²) >= 11 is 0. The molecule has 0 fully saturated rings. The van der Waals surface area contributed by atoms with E-state index in [9.17, 15) is 9.59 Å². The Morgan fingerprint density at radius 1 is 0.818 bits per heavy atom. The highest BCUT2D eigenvalue weighted by atomic mass is 16.6. The monoisotopic (exact) mass is 314 g/mol. The second kappa shape index (κ2) is 12.5. The fraction of sp³-hybridized carbons (Fsp3) is 0.889. The summed E-state index contributed by atoms with van der Waals surface area (Å²) in [6.45, 7) is 10.2. The molecule has 0 aliphatic carbocycles. The van der Waals surface area contributed by atoms with E-state index >= 15 is 0 Å². The van der Waals surface area contributed by atoms with Crippen molar-refractivity contribution in [2.75, 3.05) is 6.61 Å². The SMILES string of the molecule is CCCCC(COC(=O)C(CC)CC)OC(=O)C(CC)CC. The van der Waals surface area contributed by atoms with Crippen molar-refractivity contribution < 1.29 is 19.1 Å². The highest BCUT2D eigenvalue weighted by Crippen LogP contribution is 2.15. The van der Waals surface area contributed by atoms with Gasteiger partial charge in [0.15, 0.2) is 0 Å². The molecule has 1 unspecified atom stereocenters. The molecule has 4 heteroatoms. The van der Waals surface area contributed by atoms with Gasteiger partial charge in [-0.15, -0.1) is 0 Å². The number of carbonyl (C=O) groups is 2. The van der Waals surface area contributed by atoms with E-state index in [1.165, 1.54) is 0 Å². The Labute approximate surface area is 135 Å². The number of ether oxygens (including phenoxy) is 2. The average molecular weight is 314 g/mol. The van der Waals surface area contributed by atoms with E-state index in [2.05, 4.69) is 6.92 Å². The molecule has 0 heterocycles. The van der Waals surface area contributed by atoms with E-state index in [0.717, 1.165) is 44.9 Å². The molecule has 130 valence electrons. The summed E-state index contributed by atoms with van der Waals surface area (Å²) in [6.07, 6.45) is 5.55. The zero-order chi connectivity index (χ0) is 17.0. The third kappa shape index (κ3) is 7.81. The lowest BCUT2D eigenvalue weighted by Crippen LogP contribution is -2.30. The lowest BCUT2D eigenvalue weighted by molar-refractivity contribution is -0.165. The predicted octanol–water partition coefficient (Wildman–Crippen LogP) is 4.50. The van der Waals surface area contributed by atoms with E-state index in [4.69, 9.17) is 9.47 Å². The minimum absolute atomic E-state index is 0.0541. The molecule has 0 amide bonds. The molecule has 0 spiro atoms. The first-order valence-corrected chi connectivity index (χ1v) is 8.90. The van der Waals surface area contributed by atoms with Crippen molar-refractivity contribution in [2.24, 2.45) is 11.8 Å². The lowest BCUT2D eigenvalue weighted by atomic mass is 10.0. The Kier molecular flexibility index (Phi) is 11.9. The summed E-state index contributed by atoms with van der Waals surface area (Å²) in [5.74, 6) is -0.449. The van der Waals surface area contributed by atoms with E-state index in [1.807, 2.05) is 27.7 Å². The standard InChI is InChI=1S/C18H34O4/c1-6-11-12-16(22-18(20)15(9-4)10-5)13-21-17(19)14(7-2)8-3/h14-16H,6-13H2,1-5H3. The highest BCUT2D eigenvalue weighted by Gasteiger charge is 2.23. The van der Waals surface area contributed by atoms with Crippen molar-refractivity contribution in [1.29, 1.82) is 0 Å². The number of esters is 2. The van der Waals surface area contributed by atoms with Crippen LogP contribution in [0.25, 0.3) is 0 Å². The smallest absolute Gasteiger partial charge is 0.309 e. The summed E-state index contributed by atoms with van der Waals surface area (Å²) in [6, 6.07) is 0. The number of hydrogen-bond acceptors (Lipinski definition) is 4. The largest absolute Gasteiger partial charge is 0.462 e. The first kappa shape index (κ1) is 20.9. The zero-order valence-electron chi connectivity index (χ0n) is 15.0. The first-order chi connectivity index (χ1) is 10.5. The Balaban J connectivity index is 4.51. The van der Waals surface area contributed by atoms with E-state index < -0.39 is 0 Å². The minimum atomic E-state index is -0.314. The van der Waals surface area contributed by atoms with Crippen LogP contribution in [0.2, 0.25) is 0 Å². The third-order valence-corrected chi connectivity index (χ3v) is 4.21. The summed E-state index contributed by atoms with van der Waals surface area (Å²) in [5.41, 5.74) is 0. The zero-order valence-corrected chi connectivity index (χ0v) is 15.0. The topological polar surface area (TPSA) is 52.6 Å². The van der Waals surface area contributed by atoms with Crippen LogP contribution in [0.1, 0.15) is 79.6 Å². The molecule has 0 rings (SSSR count). The van der Waals surface area contributed by atoms with Crippen LogP contribution in [0.5, 0.6) is 0 Å². The van der Waals surface area contributed by atoms with Crippen molar-refractivity contribution in [3.05, 3.63) is 0 Å². The van der Waals surface area contributed by atoms with Gasteiger partial charge >= 0.3 is 11.9 Å². The normalized spacial score (nSPS) is 12.5. The fourth-order valence-corrected chi connectivity index (χ4v) is 2.41. The molecule has 0 aromatic carbocycles. The number of hydrogen-bond donors (Lipinski definition) is 0. The molecule has 0 radical (unpaired) electrons. The molecule has 0 aromatic rings. The Hall–Kier alpha value is -1.06. The van der Waals surface area contributed by atoms with E-state index in [-0.39, 0.29) is 36.5 Å². The molecule has 4 nitrogen and oxygen atoms in total. The molecule has 1 atom stereocenters. The maximum Gasteiger partial charge on any atom is 0.309 e. The van der Waals surface area contributed by atoms with Crippen molar-refractivity contribution >= 4 is 11.9 Å². The lowest BCUT2D eigenvalue weighted by Gasteiger charge is -2.21. The Bertz CT molecular complexity index is 306. The van der Waals surface area contributed by atoms with Crippen LogP contribution < -0.4 is 0 Å². The number of carbonyl (C=O) groups excluding carboxylic acids is 2. The van der Waals surface area contributed by atoms with Crippen LogP contribution in [0.3, 0.4) is 0 Å². The first-order valence-electron chi connectivity index (χ1n) is 8.90. The van der Waals surface area contributed by atoms with Crippen LogP contribution in [-0.4, -0.2) is 24.6 Å². The quantitative estimate of drug-likeness (QED) is 0.498. The molecule has 0 aromatic heterocycles. The molecule has 0 saturated heterocycles. The maximum atomic E-state index is 12.1. The summed E-state index contributed by atoms with van der Waals surface area (Å²) in [4.78, 5) is 24.1. The Morgan fingerprint density at radius 2 is 1.32 bits per heavy atom. The van der Waals surface area contributed by atoms with Gasteiger partial charge in [-0.1, -0.05) is 41.0 Å². The predicted molar refractivity (Wildman–Crippen MR) is 88.5 cm³/mol. The molecule has 0 N–H and O–H groups in total. The van der Waals surface area contributed by atoms with Crippen molar-refractivity contribution in [2.45, 2.75) is 85.7 Å². The Morgan fingerprint density at radius 3 is 1.77 bits per heavy atom. The summed E-state index contributed by atoms with van der Waals surface area (Å²) in [5, 5.41) is 0. The highest BCUT2D eigenvalue weighted by molar-refractivity contribution is 5.73. The maximum absolute atomic E-state index is 12.1. The van der Waals surface area contributed by atoms with Gasteiger partial charge in [0, 0.05) is 0 Å². The molecular weight excluding hydrogens is 280 g/mol. The van der Waals surface area contributed by atoms with Gasteiger partial charge in [-0.2, -0.15) is 0 Å². The fourth-order valence-electron chi connectivity index (χ4n) is 2.41. The van der Waals surface area contributed by atoms with Crippen molar-refractivity contribution in [1.82, 2.24) is 0 Å². The molecule has 0 bridgehead atoms. The van der Waals surface area contributed by atoms with Gasteiger partial charge in [0.25, 0.3) is 0 Å². The average Bonchev–Trinajstić information content (AvgIpc) is 2.52. The van der Waals surface area contributed by atoms with Crippen LogP contribution in [0, 0.1) is 11.8 Å². The van der Waals surface area contributed by atoms with Gasteiger partial charge in [-0.3, -0.25) is 9.59 Å². The second-order valence-corrected chi connectivity index (χ2v) is 5.86. The third-order valence-electron chi connectivity index (χ3n) is 4.21.